The molecule has 0 spiro atoms. The average Bonchev–Trinajstić information content (AvgIpc) is 1.85. The van der Waals surface area contributed by atoms with Gasteiger partial charge >= 0.3 is 0 Å². The van der Waals surface area contributed by atoms with Crippen LogP contribution in [0, 0.1) is 11.3 Å². The molecule has 0 aromatic heterocycles. The minimum atomic E-state index is 0.625. The molecule has 0 aromatic carbocycles. The second-order valence-electron chi connectivity index (χ2n) is 2.22. The van der Waals surface area contributed by atoms with Crippen molar-refractivity contribution in [3.05, 3.63) is 0 Å². The van der Waals surface area contributed by atoms with Gasteiger partial charge in [-0.25, -0.2) is 4.94 Å². The summed E-state index contributed by atoms with van der Waals surface area (Å²) in [6.07, 6.45) is 0.625. The van der Waals surface area contributed by atoms with Gasteiger partial charge in [0.15, 0.2) is 0 Å². The van der Waals surface area contributed by atoms with E-state index < -0.39 is 0 Å². The second-order valence-corrected chi connectivity index (χ2v) is 2.22. The fraction of sp³-hybridized carbons (Fsp3) is 0.857. The summed E-state index contributed by atoms with van der Waals surface area (Å²) in [5, 5.41) is 10.9. The lowest BCUT2D eigenvalue weighted by molar-refractivity contribution is -0.281. The highest BCUT2D eigenvalue weighted by Gasteiger charge is 1.87. The normalized spacial score (nSPS) is 8.91. The Labute approximate surface area is 68.9 Å². The molecule has 66 valence electrons. The molecule has 0 saturated heterocycles. The maximum atomic E-state index is 7.62. The van der Waals surface area contributed by atoms with Crippen molar-refractivity contribution in [1.82, 2.24) is 10.1 Å². The Bertz CT molecular complexity index is 101. The van der Waals surface area contributed by atoms with E-state index in [0.29, 0.717) is 6.42 Å². The Morgan fingerprint density at radius 3 is 1.45 bits per heavy atom. The first-order valence-electron chi connectivity index (χ1n) is 3.44. The Morgan fingerprint density at radius 2 is 1.45 bits per heavy atom. The molecule has 0 heterocycles. The molecule has 0 atom stereocenters. The number of hydrogen-bond donors (Lipinski definition) is 0. The second kappa shape index (κ2) is 9.37. The monoisotopic (exact) mass is 159 g/mol. The summed E-state index contributed by atoms with van der Waals surface area (Å²) in [6, 6.07) is 1.93. The largest absolute Gasteiger partial charge is 0.210 e. The summed E-state index contributed by atoms with van der Waals surface area (Å²) in [4.78, 5) is 4.92. The van der Waals surface area contributed by atoms with E-state index in [-0.39, 0.29) is 0 Å². The van der Waals surface area contributed by atoms with Gasteiger partial charge in [-0.1, -0.05) is 6.92 Å². The van der Waals surface area contributed by atoms with Crippen LogP contribution in [0.15, 0.2) is 0 Å². The van der Waals surface area contributed by atoms with Crippen molar-refractivity contribution in [2.24, 2.45) is 0 Å². The molecule has 0 radical (unpaired) electrons. The van der Waals surface area contributed by atoms with Crippen molar-refractivity contribution in [2.75, 3.05) is 28.2 Å². The zero-order chi connectivity index (χ0) is 9.28. The van der Waals surface area contributed by atoms with Crippen molar-refractivity contribution < 1.29 is 4.94 Å². The van der Waals surface area contributed by atoms with Gasteiger partial charge in [0.1, 0.15) is 0 Å². The van der Waals surface area contributed by atoms with Crippen molar-refractivity contribution >= 4 is 0 Å². The van der Waals surface area contributed by atoms with Crippen LogP contribution in [0.25, 0.3) is 0 Å². The van der Waals surface area contributed by atoms with Crippen LogP contribution in [0.3, 0.4) is 0 Å². The van der Waals surface area contributed by atoms with Crippen LogP contribution >= 0.6 is 0 Å². The highest BCUT2D eigenvalue weighted by atomic mass is 16.8. The van der Waals surface area contributed by atoms with Gasteiger partial charge in [0.2, 0.25) is 0 Å². The zero-order valence-corrected chi connectivity index (χ0v) is 7.96. The molecule has 11 heavy (non-hydrogen) atoms. The Balaban J connectivity index is 0. The lowest BCUT2D eigenvalue weighted by atomic mass is 10.6. The lowest BCUT2D eigenvalue weighted by Crippen LogP contribution is -2.23. The van der Waals surface area contributed by atoms with Gasteiger partial charge in [-0.05, 0) is 0 Å². The van der Waals surface area contributed by atoms with Crippen LogP contribution in [0.1, 0.15) is 13.3 Å². The summed E-state index contributed by atoms with van der Waals surface area (Å²) in [7, 11) is 7.33. The highest BCUT2D eigenvalue weighted by Crippen LogP contribution is 1.78. The van der Waals surface area contributed by atoms with Gasteiger partial charge in [-0.2, -0.15) is 15.4 Å². The third-order valence-electron chi connectivity index (χ3n) is 0.485. The summed E-state index contributed by atoms with van der Waals surface area (Å²) in [6.45, 7) is 1.82. The maximum Gasteiger partial charge on any atom is 0.0618 e. The first-order chi connectivity index (χ1) is 5.04. The number of nitriles is 1. The van der Waals surface area contributed by atoms with E-state index >= 15 is 0 Å². The molecule has 0 aliphatic heterocycles. The fourth-order valence-electron chi connectivity index (χ4n) is 0.327. The fourth-order valence-corrected chi connectivity index (χ4v) is 0.327. The summed E-state index contributed by atoms with van der Waals surface area (Å²) in [5.74, 6) is 0. The van der Waals surface area contributed by atoms with Crippen molar-refractivity contribution in [3.63, 3.8) is 0 Å². The smallest absolute Gasteiger partial charge is 0.0618 e. The van der Waals surface area contributed by atoms with Crippen molar-refractivity contribution in [3.8, 4) is 6.07 Å². The molecule has 0 aliphatic rings. The van der Waals surface area contributed by atoms with Gasteiger partial charge in [0.05, 0.1) is 6.07 Å². The lowest BCUT2D eigenvalue weighted by Gasteiger charge is -2.14. The number of rotatable bonds is 2. The third-order valence-corrected chi connectivity index (χ3v) is 0.485. The Morgan fingerprint density at radius 1 is 1.18 bits per heavy atom. The van der Waals surface area contributed by atoms with Gasteiger partial charge in [-0.3, -0.25) is 0 Å². The first-order valence-corrected chi connectivity index (χ1v) is 3.44. The quantitative estimate of drug-likeness (QED) is 0.561. The molecular formula is C7H17N3O. The predicted octanol–water partition coefficient (Wildman–Crippen LogP) is 0.876. The zero-order valence-electron chi connectivity index (χ0n) is 7.96. The van der Waals surface area contributed by atoms with Crippen LogP contribution in [0.4, 0.5) is 0 Å². The molecule has 0 aliphatic carbocycles. The third kappa shape index (κ3) is 26.7. The number of nitrogens with zero attached hydrogens (tertiary/aromatic N) is 3. The van der Waals surface area contributed by atoms with E-state index in [4.69, 9.17) is 10.2 Å². The molecule has 4 heteroatoms. The average molecular weight is 159 g/mol. The van der Waals surface area contributed by atoms with Gasteiger partial charge < -0.3 is 0 Å². The van der Waals surface area contributed by atoms with Gasteiger partial charge in [0, 0.05) is 34.6 Å². The predicted molar refractivity (Wildman–Crippen MR) is 44.4 cm³/mol. The molecule has 4 nitrogen and oxygen atoms in total. The maximum absolute atomic E-state index is 7.62. The van der Waals surface area contributed by atoms with Crippen LogP contribution in [0.2, 0.25) is 0 Å². The molecule has 0 fully saturated rings. The van der Waals surface area contributed by atoms with E-state index in [1.54, 1.807) is 10.1 Å². The molecule has 0 N–H and O–H groups in total. The van der Waals surface area contributed by atoms with Crippen molar-refractivity contribution in [1.29, 1.82) is 5.26 Å². The SMILES string of the molecule is CCC#N.CN(C)ON(C)C. The molecule has 0 bridgehead atoms. The van der Waals surface area contributed by atoms with E-state index in [2.05, 4.69) is 0 Å². The van der Waals surface area contributed by atoms with Crippen LogP contribution in [0.5, 0.6) is 0 Å². The minimum absolute atomic E-state index is 0.625. The van der Waals surface area contributed by atoms with E-state index in [9.17, 15) is 0 Å². The van der Waals surface area contributed by atoms with Crippen molar-refractivity contribution in [2.45, 2.75) is 13.3 Å². The molecule has 0 rings (SSSR count). The minimum Gasteiger partial charge on any atom is -0.210 e. The topological polar surface area (TPSA) is 39.5 Å². The molecule has 0 unspecified atom stereocenters. The molecular weight excluding hydrogens is 142 g/mol. The Kier molecular flexibility index (Phi) is 11.1. The van der Waals surface area contributed by atoms with E-state index in [1.165, 1.54) is 0 Å². The van der Waals surface area contributed by atoms with Crippen LogP contribution in [-0.2, 0) is 4.94 Å². The number of hydroxylamine groups is 4. The highest BCUT2D eigenvalue weighted by molar-refractivity contribution is 4.61. The number of hydrogen-bond acceptors (Lipinski definition) is 4. The molecule has 0 saturated carbocycles. The van der Waals surface area contributed by atoms with E-state index in [1.807, 2.05) is 41.2 Å². The Hall–Kier alpha value is -0.630. The van der Waals surface area contributed by atoms with Gasteiger partial charge in [-0.15, -0.1) is 0 Å². The summed E-state index contributed by atoms with van der Waals surface area (Å²) in [5.41, 5.74) is 0. The molecule has 0 amide bonds. The van der Waals surface area contributed by atoms with Crippen LogP contribution in [-0.4, -0.2) is 38.3 Å². The molecule has 0 aromatic rings. The standard InChI is InChI=1S/C4H12N2O.C3H5N/c1-5(2)7-6(3)4;1-2-3-4/h1-4H3;2H2,1H3. The van der Waals surface area contributed by atoms with Crippen LogP contribution < -0.4 is 0 Å². The summed E-state index contributed by atoms with van der Waals surface area (Å²) >= 11 is 0. The summed E-state index contributed by atoms with van der Waals surface area (Å²) < 4.78 is 0. The first kappa shape index (κ1) is 13.0. The van der Waals surface area contributed by atoms with E-state index in [0.717, 1.165) is 0 Å². The van der Waals surface area contributed by atoms with Gasteiger partial charge in [0.25, 0.3) is 0 Å².